The second-order valence-corrected chi connectivity index (χ2v) is 8.59. The first-order chi connectivity index (χ1) is 15.3. The van der Waals surface area contributed by atoms with Gasteiger partial charge >= 0.3 is 0 Å². The number of anilines is 3. The normalized spacial score (nSPS) is 24.1. The van der Waals surface area contributed by atoms with Crippen molar-refractivity contribution in [2.75, 3.05) is 29.0 Å². The van der Waals surface area contributed by atoms with Gasteiger partial charge in [0.05, 0.1) is 6.10 Å². The minimum Gasteiger partial charge on any atom is -0.390 e. The Bertz CT molecular complexity index is 1040. The van der Waals surface area contributed by atoms with Crippen LogP contribution in [0.1, 0.15) is 19.3 Å². The summed E-state index contributed by atoms with van der Waals surface area (Å²) in [6.07, 6.45) is 1.24. The number of carbonyl (C=O) groups is 2. The highest BCUT2D eigenvalue weighted by Gasteiger charge is 2.45. The van der Waals surface area contributed by atoms with Crippen LogP contribution in [-0.2, 0) is 9.59 Å². The van der Waals surface area contributed by atoms with Crippen molar-refractivity contribution in [1.82, 2.24) is 14.9 Å². The van der Waals surface area contributed by atoms with Crippen LogP contribution in [0.25, 0.3) is 0 Å². The van der Waals surface area contributed by atoms with Gasteiger partial charge in [-0.05, 0) is 37.5 Å². The summed E-state index contributed by atoms with van der Waals surface area (Å²) in [5.41, 5.74) is 6.08. The van der Waals surface area contributed by atoms with Crippen LogP contribution >= 0.6 is 23.2 Å². The van der Waals surface area contributed by atoms with E-state index < -0.39 is 29.9 Å². The number of likely N-dealkylation sites (tertiary alicyclic amines) is 1. The van der Waals surface area contributed by atoms with Gasteiger partial charge in [0.1, 0.15) is 18.4 Å². The van der Waals surface area contributed by atoms with Gasteiger partial charge in [-0.25, -0.2) is 9.97 Å². The molecule has 12 heteroatoms. The Morgan fingerprint density at radius 2 is 1.81 bits per heavy atom. The van der Waals surface area contributed by atoms with Crippen LogP contribution in [0.5, 0.6) is 0 Å². The lowest BCUT2D eigenvalue weighted by molar-refractivity contribution is -0.148. The van der Waals surface area contributed by atoms with Crippen molar-refractivity contribution in [3.63, 3.8) is 0 Å². The topological polar surface area (TPSA) is 125 Å². The van der Waals surface area contributed by atoms with Gasteiger partial charge < -0.3 is 21.1 Å². The third kappa shape index (κ3) is 4.30. The number of aliphatic hydroxyl groups is 1. The predicted molar refractivity (Wildman–Crippen MR) is 118 cm³/mol. The Morgan fingerprint density at radius 1 is 1.09 bits per heavy atom. The molecule has 1 aromatic carbocycles. The van der Waals surface area contributed by atoms with Crippen molar-refractivity contribution in [2.24, 2.45) is 0 Å². The fraction of sp³-hybridized carbons (Fsp3) is 0.400. The van der Waals surface area contributed by atoms with E-state index in [1.165, 1.54) is 4.90 Å². The van der Waals surface area contributed by atoms with E-state index in [0.717, 1.165) is 11.2 Å². The third-order valence-corrected chi connectivity index (χ3v) is 6.03. The molecular weight excluding hydrogens is 462 g/mol. The molecule has 4 rings (SSSR count). The standard InChI is InChI=1S/C20H21Cl2FN6O3/c21-10-6-11(22)8-12(7-10)27-13-2-1-4-28(19(13)31)16-14(30)3-5-29(20(16)32)18-15(23)17(24)25-9-26-18/h6-9,13-14,16,27,30H,1-5H2,(H2,24,25,26)/t13-,14?,16?/m1/s1. The highest BCUT2D eigenvalue weighted by Crippen LogP contribution is 2.30. The first-order valence-electron chi connectivity index (χ1n) is 10.0. The number of aliphatic hydroxyl groups excluding tert-OH is 1. The van der Waals surface area contributed by atoms with Gasteiger partial charge in [0, 0.05) is 28.8 Å². The highest BCUT2D eigenvalue weighted by molar-refractivity contribution is 6.35. The molecular formula is C20H21Cl2FN6O3. The molecule has 2 aliphatic heterocycles. The van der Waals surface area contributed by atoms with Gasteiger partial charge in [0.2, 0.25) is 11.7 Å². The first kappa shape index (κ1) is 22.5. The van der Waals surface area contributed by atoms with E-state index in [-0.39, 0.29) is 37.1 Å². The second-order valence-electron chi connectivity index (χ2n) is 7.72. The largest absolute Gasteiger partial charge is 0.390 e. The number of nitrogens with two attached hydrogens (primary N) is 1. The molecule has 0 radical (unpaired) electrons. The summed E-state index contributed by atoms with van der Waals surface area (Å²) in [4.78, 5) is 36.4. The van der Waals surface area contributed by atoms with Crippen molar-refractivity contribution >= 4 is 52.3 Å². The van der Waals surface area contributed by atoms with Crippen molar-refractivity contribution in [1.29, 1.82) is 0 Å². The monoisotopic (exact) mass is 482 g/mol. The number of aromatic nitrogens is 2. The summed E-state index contributed by atoms with van der Waals surface area (Å²) in [7, 11) is 0. The zero-order valence-electron chi connectivity index (χ0n) is 16.8. The molecule has 2 unspecified atom stereocenters. The van der Waals surface area contributed by atoms with Gasteiger partial charge in [-0.2, -0.15) is 4.39 Å². The van der Waals surface area contributed by atoms with Crippen LogP contribution in [0, 0.1) is 5.82 Å². The quantitative estimate of drug-likeness (QED) is 0.608. The molecule has 1 aromatic heterocycles. The molecule has 2 aromatic rings. The van der Waals surface area contributed by atoms with E-state index in [2.05, 4.69) is 15.3 Å². The van der Waals surface area contributed by atoms with Gasteiger partial charge in [0.15, 0.2) is 11.6 Å². The number of nitrogens with zero attached hydrogens (tertiary/aromatic N) is 4. The molecule has 2 amide bonds. The Labute approximate surface area is 193 Å². The molecule has 2 saturated heterocycles. The van der Waals surface area contributed by atoms with Gasteiger partial charge in [-0.15, -0.1) is 0 Å². The number of hydrogen-bond acceptors (Lipinski definition) is 7. The average molecular weight is 483 g/mol. The molecule has 0 bridgehead atoms. The summed E-state index contributed by atoms with van der Waals surface area (Å²) in [5, 5.41) is 14.5. The third-order valence-electron chi connectivity index (χ3n) is 5.60. The Balaban J connectivity index is 1.57. The maximum absolute atomic E-state index is 14.5. The van der Waals surface area contributed by atoms with Crippen LogP contribution in [0.3, 0.4) is 0 Å². The Hall–Kier alpha value is -2.69. The molecule has 0 saturated carbocycles. The molecule has 170 valence electrons. The number of piperidine rings is 2. The minimum atomic E-state index is -1.17. The number of benzene rings is 1. The maximum Gasteiger partial charge on any atom is 0.253 e. The van der Waals surface area contributed by atoms with Crippen molar-refractivity contribution in [2.45, 2.75) is 37.5 Å². The molecule has 3 atom stereocenters. The van der Waals surface area contributed by atoms with E-state index in [1.807, 2.05) is 0 Å². The number of rotatable bonds is 4. The first-order valence-corrected chi connectivity index (χ1v) is 10.8. The van der Waals surface area contributed by atoms with Crippen molar-refractivity contribution in [3.05, 3.63) is 40.4 Å². The fourth-order valence-electron chi connectivity index (χ4n) is 4.11. The van der Waals surface area contributed by atoms with Crippen LogP contribution in [0.2, 0.25) is 10.0 Å². The lowest BCUT2D eigenvalue weighted by atomic mass is 9.95. The van der Waals surface area contributed by atoms with Crippen molar-refractivity contribution < 1.29 is 19.1 Å². The van der Waals surface area contributed by atoms with Gasteiger partial charge in [-0.3, -0.25) is 14.5 Å². The minimum absolute atomic E-state index is 0.0363. The van der Waals surface area contributed by atoms with E-state index in [0.29, 0.717) is 28.6 Å². The Kier molecular flexibility index (Phi) is 6.36. The van der Waals surface area contributed by atoms with E-state index in [1.54, 1.807) is 18.2 Å². The molecule has 2 fully saturated rings. The lowest BCUT2D eigenvalue weighted by Crippen LogP contribution is -2.64. The van der Waals surface area contributed by atoms with E-state index in [9.17, 15) is 19.1 Å². The van der Waals surface area contributed by atoms with Crippen LogP contribution < -0.4 is 16.0 Å². The number of amides is 2. The molecule has 0 spiro atoms. The number of nitrogen functional groups attached to an aromatic ring is 1. The van der Waals surface area contributed by atoms with Crippen LogP contribution in [0.15, 0.2) is 24.5 Å². The molecule has 4 N–H and O–H groups in total. The molecule has 9 nitrogen and oxygen atoms in total. The number of halogens is 3. The van der Waals surface area contributed by atoms with E-state index in [4.69, 9.17) is 28.9 Å². The SMILES string of the molecule is Nc1ncnc(N2CCC(O)C(N3CCC[C@@H](Nc4cc(Cl)cc(Cl)c4)C3=O)C2=O)c1F. The molecule has 0 aliphatic carbocycles. The number of hydrogen-bond donors (Lipinski definition) is 3. The zero-order valence-corrected chi connectivity index (χ0v) is 18.4. The lowest BCUT2D eigenvalue weighted by Gasteiger charge is -2.43. The maximum atomic E-state index is 14.5. The molecule has 3 heterocycles. The van der Waals surface area contributed by atoms with Crippen molar-refractivity contribution in [3.8, 4) is 0 Å². The smallest absolute Gasteiger partial charge is 0.253 e. The number of nitrogens with one attached hydrogen (secondary N) is 1. The second kappa shape index (κ2) is 9.05. The predicted octanol–water partition coefficient (Wildman–Crippen LogP) is 2.07. The van der Waals surface area contributed by atoms with Crippen LogP contribution in [-0.4, -0.2) is 63.1 Å². The van der Waals surface area contributed by atoms with Gasteiger partial charge in [-0.1, -0.05) is 23.2 Å². The highest BCUT2D eigenvalue weighted by atomic mass is 35.5. The average Bonchev–Trinajstić information content (AvgIpc) is 2.72. The zero-order chi connectivity index (χ0) is 23.0. The molecule has 2 aliphatic rings. The summed E-state index contributed by atoms with van der Waals surface area (Å²) in [5.74, 6) is -2.55. The Morgan fingerprint density at radius 3 is 2.53 bits per heavy atom. The summed E-state index contributed by atoms with van der Waals surface area (Å²) < 4.78 is 14.5. The summed E-state index contributed by atoms with van der Waals surface area (Å²) >= 11 is 12.1. The summed E-state index contributed by atoms with van der Waals surface area (Å²) in [6, 6.07) is 3.06. The van der Waals surface area contributed by atoms with Gasteiger partial charge in [0.25, 0.3) is 5.91 Å². The summed E-state index contributed by atoms with van der Waals surface area (Å²) in [6.45, 7) is 0.317. The van der Waals surface area contributed by atoms with E-state index >= 15 is 0 Å². The fourth-order valence-corrected chi connectivity index (χ4v) is 4.64. The number of carbonyl (C=O) groups excluding carboxylic acids is 2. The molecule has 32 heavy (non-hydrogen) atoms. The van der Waals surface area contributed by atoms with Crippen LogP contribution in [0.4, 0.5) is 21.7 Å².